The highest BCUT2D eigenvalue weighted by atomic mass is 15.3. The van der Waals surface area contributed by atoms with E-state index in [9.17, 15) is 0 Å². The van der Waals surface area contributed by atoms with Crippen molar-refractivity contribution in [1.82, 2.24) is 9.78 Å². The van der Waals surface area contributed by atoms with Gasteiger partial charge in [-0.2, -0.15) is 10.4 Å². The Labute approximate surface area is 75.6 Å². The van der Waals surface area contributed by atoms with E-state index < -0.39 is 0 Å². The van der Waals surface area contributed by atoms with E-state index in [0.717, 1.165) is 12.1 Å². The predicted octanol–water partition coefficient (Wildman–Crippen LogP) is 1.14. The molecule has 0 aliphatic heterocycles. The molecule has 0 radical (unpaired) electrons. The summed E-state index contributed by atoms with van der Waals surface area (Å²) in [6, 6.07) is 3.52. The third-order valence-electron chi connectivity index (χ3n) is 1.88. The molecule has 2 rings (SSSR count). The molecule has 0 saturated heterocycles. The number of allylic oxidation sites excluding steroid dienone is 4. The Balaban J connectivity index is 2.41. The Kier molecular flexibility index (Phi) is 1.64. The van der Waals surface area contributed by atoms with Gasteiger partial charge >= 0.3 is 0 Å². The molecule has 0 fully saturated rings. The second-order valence-electron chi connectivity index (χ2n) is 2.77. The lowest BCUT2D eigenvalue weighted by Gasteiger charge is -2.02. The summed E-state index contributed by atoms with van der Waals surface area (Å²) >= 11 is 0. The fraction of sp³-hybridized carbons (Fsp3) is 0.111. The molecule has 1 aromatic rings. The second-order valence-corrected chi connectivity index (χ2v) is 2.77. The molecule has 0 spiro atoms. The smallest absolute Gasteiger partial charge is 0.165 e. The molecule has 0 aromatic carbocycles. The molecule has 1 aromatic heterocycles. The van der Waals surface area contributed by atoms with Crippen LogP contribution < -0.4 is 5.73 Å². The first-order valence-corrected chi connectivity index (χ1v) is 3.93. The van der Waals surface area contributed by atoms with Crippen molar-refractivity contribution >= 4 is 11.5 Å². The maximum atomic E-state index is 8.60. The highest BCUT2D eigenvalue weighted by Gasteiger charge is 2.08. The molecule has 4 heteroatoms. The molecule has 1 heterocycles. The monoisotopic (exact) mass is 172 g/mol. The van der Waals surface area contributed by atoms with E-state index in [2.05, 4.69) is 5.10 Å². The standard InChI is InChI=1S/C9H8N4/c10-6-7-5-9(11)13(12-7)8-3-1-2-4-8/h1-3,5H,4,11H2. The van der Waals surface area contributed by atoms with E-state index in [1.165, 1.54) is 0 Å². The van der Waals surface area contributed by atoms with Crippen molar-refractivity contribution in [3.05, 3.63) is 30.0 Å². The molecule has 0 amide bonds. The number of hydrogen-bond acceptors (Lipinski definition) is 3. The second kappa shape index (κ2) is 2.79. The van der Waals surface area contributed by atoms with Gasteiger partial charge in [-0.1, -0.05) is 12.2 Å². The van der Waals surface area contributed by atoms with Gasteiger partial charge in [-0.3, -0.25) is 0 Å². The summed E-state index contributed by atoms with van der Waals surface area (Å²) in [4.78, 5) is 0. The van der Waals surface area contributed by atoms with Crippen molar-refractivity contribution in [2.24, 2.45) is 0 Å². The summed E-state index contributed by atoms with van der Waals surface area (Å²) in [5.41, 5.74) is 7.03. The average molecular weight is 172 g/mol. The fourth-order valence-corrected chi connectivity index (χ4v) is 1.27. The molecule has 0 bridgehead atoms. The van der Waals surface area contributed by atoms with Crippen molar-refractivity contribution in [3.63, 3.8) is 0 Å². The average Bonchev–Trinajstić information content (AvgIpc) is 2.72. The molecular formula is C9H8N4. The summed E-state index contributed by atoms with van der Waals surface area (Å²) in [6.07, 6.45) is 6.71. The van der Waals surface area contributed by atoms with Crippen LogP contribution in [0.15, 0.2) is 24.3 Å². The normalized spacial score (nSPS) is 14.2. The minimum absolute atomic E-state index is 0.352. The van der Waals surface area contributed by atoms with Crippen molar-refractivity contribution < 1.29 is 0 Å². The van der Waals surface area contributed by atoms with Gasteiger partial charge in [-0.25, -0.2) is 4.68 Å². The van der Waals surface area contributed by atoms with E-state index in [4.69, 9.17) is 11.0 Å². The maximum absolute atomic E-state index is 8.60. The van der Waals surface area contributed by atoms with Crippen molar-refractivity contribution in [1.29, 1.82) is 5.26 Å². The van der Waals surface area contributed by atoms with E-state index in [1.807, 2.05) is 24.3 Å². The van der Waals surface area contributed by atoms with Gasteiger partial charge in [-0.05, 0) is 6.08 Å². The Hall–Kier alpha value is -2.02. The van der Waals surface area contributed by atoms with Crippen molar-refractivity contribution in [3.8, 4) is 6.07 Å². The lowest BCUT2D eigenvalue weighted by Crippen LogP contribution is -2.02. The SMILES string of the molecule is N#Cc1cc(N)n(C2=CC=CC2)n1. The molecule has 0 atom stereocenters. The number of nitriles is 1. The van der Waals surface area contributed by atoms with E-state index in [-0.39, 0.29) is 0 Å². The van der Waals surface area contributed by atoms with Crippen LogP contribution in [0.5, 0.6) is 0 Å². The summed E-state index contributed by atoms with van der Waals surface area (Å²) in [5.74, 6) is 0.506. The highest BCUT2D eigenvalue weighted by Crippen LogP contribution is 2.19. The molecule has 2 N–H and O–H groups in total. The van der Waals surface area contributed by atoms with Crippen LogP contribution in [0.3, 0.4) is 0 Å². The number of rotatable bonds is 1. The quantitative estimate of drug-likeness (QED) is 0.690. The summed E-state index contributed by atoms with van der Waals surface area (Å²) in [6.45, 7) is 0. The summed E-state index contributed by atoms with van der Waals surface area (Å²) < 4.78 is 1.60. The minimum atomic E-state index is 0.352. The van der Waals surface area contributed by atoms with Crippen molar-refractivity contribution in [2.75, 3.05) is 5.73 Å². The van der Waals surface area contributed by atoms with Gasteiger partial charge in [0.1, 0.15) is 11.9 Å². The van der Waals surface area contributed by atoms with Gasteiger partial charge in [0, 0.05) is 18.2 Å². The van der Waals surface area contributed by atoms with Crippen LogP contribution >= 0.6 is 0 Å². The summed E-state index contributed by atoms with van der Waals surface area (Å²) in [7, 11) is 0. The fourth-order valence-electron chi connectivity index (χ4n) is 1.27. The zero-order valence-electron chi connectivity index (χ0n) is 6.94. The van der Waals surface area contributed by atoms with Gasteiger partial charge in [0.15, 0.2) is 5.69 Å². The number of aromatic nitrogens is 2. The molecule has 0 saturated carbocycles. The van der Waals surface area contributed by atoms with E-state index >= 15 is 0 Å². The number of hydrogen-bond donors (Lipinski definition) is 1. The molecule has 1 aliphatic rings. The van der Waals surface area contributed by atoms with Gasteiger partial charge < -0.3 is 5.73 Å². The van der Waals surface area contributed by atoms with Crippen LogP contribution in [-0.2, 0) is 0 Å². The third kappa shape index (κ3) is 1.20. The van der Waals surface area contributed by atoms with Crippen LogP contribution in [0.4, 0.5) is 5.82 Å². The predicted molar refractivity (Wildman–Crippen MR) is 49.4 cm³/mol. The molecule has 64 valence electrons. The molecule has 13 heavy (non-hydrogen) atoms. The van der Waals surface area contributed by atoms with Gasteiger partial charge in [0.25, 0.3) is 0 Å². The van der Waals surface area contributed by atoms with Crippen LogP contribution in [0.2, 0.25) is 0 Å². The van der Waals surface area contributed by atoms with Gasteiger partial charge in [0.05, 0.1) is 0 Å². The number of nitrogens with two attached hydrogens (primary N) is 1. The maximum Gasteiger partial charge on any atom is 0.165 e. The summed E-state index contributed by atoms with van der Waals surface area (Å²) in [5, 5.41) is 12.6. The lowest BCUT2D eigenvalue weighted by molar-refractivity contribution is 0.886. The molecular weight excluding hydrogens is 164 g/mol. The minimum Gasteiger partial charge on any atom is -0.384 e. The Bertz CT molecular complexity index is 431. The first-order chi connectivity index (χ1) is 6.31. The first-order valence-electron chi connectivity index (χ1n) is 3.93. The van der Waals surface area contributed by atoms with Crippen LogP contribution in [0.25, 0.3) is 5.70 Å². The van der Waals surface area contributed by atoms with Crippen LogP contribution in [-0.4, -0.2) is 9.78 Å². The Morgan fingerprint density at radius 1 is 1.62 bits per heavy atom. The number of anilines is 1. The molecule has 0 unspecified atom stereocenters. The van der Waals surface area contributed by atoms with Crippen molar-refractivity contribution in [2.45, 2.75) is 6.42 Å². The van der Waals surface area contributed by atoms with Gasteiger partial charge in [-0.15, -0.1) is 0 Å². The number of nitrogens with zero attached hydrogens (tertiary/aromatic N) is 3. The largest absolute Gasteiger partial charge is 0.384 e. The third-order valence-corrected chi connectivity index (χ3v) is 1.88. The zero-order valence-corrected chi connectivity index (χ0v) is 6.94. The van der Waals surface area contributed by atoms with E-state index in [0.29, 0.717) is 11.5 Å². The first kappa shape index (κ1) is 7.62. The van der Waals surface area contributed by atoms with Crippen LogP contribution in [0, 0.1) is 11.3 Å². The Morgan fingerprint density at radius 3 is 3.00 bits per heavy atom. The highest BCUT2D eigenvalue weighted by molar-refractivity contribution is 5.59. The molecule has 4 nitrogen and oxygen atoms in total. The van der Waals surface area contributed by atoms with E-state index in [1.54, 1.807) is 10.7 Å². The topological polar surface area (TPSA) is 67.6 Å². The number of nitrogen functional groups attached to an aromatic ring is 1. The Morgan fingerprint density at radius 2 is 2.46 bits per heavy atom. The lowest BCUT2D eigenvalue weighted by atomic mass is 10.4. The van der Waals surface area contributed by atoms with Crippen LogP contribution in [0.1, 0.15) is 12.1 Å². The molecule has 1 aliphatic carbocycles. The van der Waals surface area contributed by atoms with Gasteiger partial charge in [0.2, 0.25) is 0 Å². The zero-order chi connectivity index (χ0) is 9.26.